The van der Waals surface area contributed by atoms with Gasteiger partial charge in [0.1, 0.15) is 5.75 Å². The fraction of sp³-hybridized carbons (Fsp3) is 0.273. The molecule has 1 aliphatic rings. The largest absolute Gasteiger partial charge is 0.495 e. The molecule has 3 heterocycles. The van der Waals surface area contributed by atoms with Crippen LogP contribution in [0.5, 0.6) is 5.75 Å². The Hall–Kier alpha value is -2.86. The molecule has 1 aromatic carbocycles. The van der Waals surface area contributed by atoms with Crippen LogP contribution in [0.1, 0.15) is 37.3 Å². The number of thiocarbonyl (C=S) groups is 1. The van der Waals surface area contributed by atoms with Crippen molar-refractivity contribution in [2.24, 2.45) is 0 Å². The molecule has 3 aromatic rings. The maximum atomic E-state index is 5.71. The smallest absolute Gasteiger partial charge is 0.170 e. The van der Waals surface area contributed by atoms with Crippen LogP contribution in [0, 0.1) is 0 Å². The van der Waals surface area contributed by atoms with E-state index in [0.717, 1.165) is 27.9 Å². The lowest BCUT2D eigenvalue weighted by Gasteiger charge is -2.32. The summed E-state index contributed by atoms with van der Waals surface area (Å²) >= 11 is 5.71. The lowest BCUT2D eigenvalue weighted by Crippen LogP contribution is -2.36. The lowest BCUT2D eigenvalue weighted by atomic mass is 10.0. The molecule has 0 amide bonds. The minimum atomic E-state index is -0.0283. The zero-order valence-electron chi connectivity index (χ0n) is 16.2. The van der Waals surface area contributed by atoms with Gasteiger partial charge in [-0.1, -0.05) is 18.2 Å². The summed E-state index contributed by atoms with van der Waals surface area (Å²) < 4.78 is 7.79. The van der Waals surface area contributed by atoms with Gasteiger partial charge >= 0.3 is 0 Å². The van der Waals surface area contributed by atoms with E-state index in [-0.39, 0.29) is 18.1 Å². The summed E-state index contributed by atoms with van der Waals surface area (Å²) in [7, 11) is 1.70. The quantitative estimate of drug-likeness (QED) is 0.657. The van der Waals surface area contributed by atoms with E-state index < -0.39 is 0 Å². The molecule has 2 atom stereocenters. The van der Waals surface area contributed by atoms with Crippen molar-refractivity contribution >= 4 is 17.3 Å². The van der Waals surface area contributed by atoms with Gasteiger partial charge in [-0.05, 0) is 62.5 Å². The van der Waals surface area contributed by atoms with Gasteiger partial charge in [-0.2, -0.15) is 0 Å². The normalized spacial score (nSPS) is 19.1. The fourth-order valence-corrected chi connectivity index (χ4v) is 4.37. The van der Waals surface area contributed by atoms with Crippen molar-refractivity contribution in [3.63, 3.8) is 0 Å². The number of nitrogens with one attached hydrogen (secondary N) is 1. The van der Waals surface area contributed by atoms with Crippen molar-refractivity contribution in [2.45, 2.75) is 32.0 Å². The highest BCUT2D eigenvalue weighted by atomic mass is 32.1. The predicted molar refractivity (Wildman–Crippen MR) is 115 cm³/mol. The second-order valence-corrected chi connectivity index (χ2v) is 7.49. The highest BCUT2D eigenvalue weighted by molar-refractivity contribution is 7.80. The monoisotopic (exact) mass is 392 g/mol. The van der Waals surface area contributed by atoms with Gasteiger partial charge in [-0.25, -0.2) is 0 Å². The summed E-state index contributed by atoms with van der Waals surface area (Å²) in [4.78, 5) is 6.86. The molecule has 0 aliphatic carbocycles. The van der Waals surface area contributed by atoms with Crippen molar-refractivity contribution in [3.05, 3.63) is 78.4 Å². The fourth-order valence-electron chi connectivity index (χ4n) is 3.92. The van der Waals surface area contributed by atoms with Gasteiger partial charge in [0.2, 0.25) is 0 Å². The first-order valence-electron chi connectivity index (χ1n) is 9.42. The maximum absolute atomic E-state index is 5.71. The highest BCUT2D eigenvalue weighted by Gasteiger charge is 2.42. The Balaban J connectivity index is 1.86. The van der Waals surface area contributed by atoms with Gasteiger partial charge in [0.15, 0.2) is 5.11 Å². The van der Waals surface area contributed by atoms with Crippen LogP contribution in [0.3, 0.4) is 0 Å². The third-order valence-corrected chi connectivity index (χ3v) is 5.45. The molecule has 0 saturated carbocycles. The van der Waals surface area contributed by atoms with Crippen molar-refractivity contribution in [1.29, 1.82) is 0 Å². The molecule has 28 heavy (non-hydrogen) atoms. The zero-order chi connectivity index (χ0) is 19.7. The van der Waals surface area contributed by atoms with E-state index in [1.807, 2.05) is 42.6 Å². The summed E-state index contributed by atoms with van der Waals surface area (Å²) in [5, 5.41) is 4.25. The van der Waals surface area contributed by atoms with E-state index in [0.29, 0.717) is 0 Å². The van der Waals surface area contributed by atoms with Crippen LogP contribution in [0.4, 0.5) is 0 Å². The Morgan fingerprint density at radius 1 is 1.07 bits per heavy atom. The van der Waals surface area contributed by atoms with Crippen LogP contribution in [0.25, 0.3) is 5.69 Å². The zero-order valence-corrected chi connectivity index (χ0v) is 17.1. The molecule has 1 fully saturated rings. The van der Waals surface area contributed by atoms with Gasteiger partial charge in [0, 0.05) is 24.1 Å². The average Bonchev–Trinajstić information content (AvgIpc) is 3.32. The summed E-state index contributed by atoms with van der Waals surface area (Å²) in [6.45, 7) is 4.33. The Morgan fingerprint density at radius 3 is 2.57 bits per heavy atom. The van der Waals surface area contributed by atoms with Crippen LogP contribution in [-0.2, 0) is 0 Å². The molecule has 0 unspecified atom stereocenters. The van der Waals surface area contributed by atoms with Gasteiger partial charge in [0.25, 0.3) is 0 Å². The number of hydrogen-bond acceptors (Lipinski definition) is 3. The Labute approximate surface area is 171 Å². The molecule has 0 bridgehead atoms. The Morgan fingerprint density at radius 2 is 1.86 bits per heavy atom. The first-order chi connectivity index (χ1) is 13.6. The minimum absolute atomic E-state index is 0.0160. The molecular weight excluding hydrogens is 368 g/mol. The molecule has 0 radical (unpaired) electrons. The van der Waals surface area contributed by atoms with Crippen LogP contribution in [0.15, 0.2) is 67.0 Å². The number of rotatable bonds is 5. The topological polar surface area (TPSA) is 42.3 Å². The third kappa shape index (κ3) is 3.14. The second kappa shape index (κ2) is 7.64. The van der Waals surface area contributed by atoms with E-state index in [9.17, 15) is 0 Å². The summed E-state index contributed by atoms with van der Waals surface area (Å²) in [5.74, 6) is 0.832. The molecule has 1 saturated heterocycles. The van der Waals surface area contributed by atoms with Gasteiger partial charge in [0.05, 0.1) is 30.6 Å². The number of methoxy groups -OCH3 is 1. The first-order valence-corrected chi connectivity index (χ1v) is 9.83. The highest BCUT2D eigenvalue weighted by Crippen LogP contribution is 2.41. The lowest BCUT2D eigenvalue weighted by molar-refractivity contribution is 0.262. The first kappa shape index (κ1) is 18.5. The van der Waals surface area contributed by atoms with Crippen molar-refractivity contribution in [3.8, 4) is 11.4 Å². The van der Waals surface area contributed by atoms with Crippen molar-refractivity contribution < 1.29 is 4.74 Å². The van der Waals surface area contributed by atoms with Crippen LogP contribution >= 0.6 is 12.2 Å². The number of aromatic nitrogens is 2. The van der Waals surface area contributed by atoms with Gasteiger partial charge in [-0.15, -0.1) is 0 Å². The van der Waals surface area contributed by atoms with E-state index in [1.165, 1.54) is 0 Å². The molecular formula is C22H24N4OS. The molecule has 5 nitrogen and oxygen atoms in total. The minimum Gasteiger partial charge on any atom is -0.495 e. The molecule has 2 aromatic heterocycles. The van der Waals surface area contributed by atoms with Crippen molar-refractivity contribution in [1.82, 2.24) is 19.8 Å². The molecule has 1 aliphatic heterocycles. The number of ether oxygens (including phenoxy) is 1. The number of para-hydroxylation sites is 2. The number of benzene rings is 1. The second-order valence-electron chi connectivity index (χ2n) is 7.10. The SMILES string of the molecule is COc1ccccc1-n1cccc1[C@@H]1[C@@H](c2ccccn2)NC(=S)N1C(C)C. The molecule has 4 rings (SSSR count). The number of nitrogens with zero attached hydrogens (tertiary/aromatic N) is 3. The summed E-state index contributed by atoms with van der Waals surface area (Å²) in [6, 6.07) is 18.5. The van der Waals surface area contributed by atoms with Crippen molar-refractivity contribution in [2.75, 3.05) is 7.11 Å². The van der Waals surface area contributed by atoms with E-state index in [1.54, 1.807) is 7.11 Å². The van der Waals surface area contributed by atoms with E-state index in [4.69, 9.17) is 17.0 Å². The van der Waals surface area contributed by atoms with Gasteiger partial charge < -0.3 is 19.5 Å². The van der Waals surface area contributed by atoms with Crippen LogP contribution in [0.2, 0.25) is 0 Å². The van der Waals surface area contributed by atoms with E-state index >= 15 is 0 Å². The van der Waals surface area contributed by atoms with Crippen LogP contribution in [-0.4, -0.2) is 32.7 Å². The average molecular weight is 393 g/mol. The van der Waals surface area contributed by atoms with Crippen LogP contribution < -0.4 is 10.1 Å². The Kier molecular flexibility index (Phi) is 5.05. The van der Waals surface area contributed by atoms with E-state index in [2.05, 4.69) is 58.0 Å². The summed E-state index contributed by atoms with van der Waals surface area (Å²) in [6.07, 6.45) is 3.90. The standard InChI is InChI=1S/C22H24N4OS/c1-15(2)26-21(20(24-22(26)28)16-9-6-7-13-23-16)18-11-8-14-25(18)17-10-4-5-12-19(17)27-3/h4-15,20-21H,1-3H3,(H,24,28)/t20-,21-/m1/s1. The Bertz CT molecular complexity index is 969. The molecule has 0 spiro atoms. The number of hydrogen-bond donors (Lipinski definition) is 1. The molecule has 6 heteroatoms. The summed E-state index contributed by atoms with van der Waals surface area (Å²) in [5.41, 5.74) is 3.12. The van der Waals surface area contributed by atoms with Gasteiger partial charge in [-0.3, -0.25) is 4.98 Å². The third-order valence-electron chi connectivity index (χ3n) is 5.12. The maximum Gasteiger partial charge on any atom is 0.170 e. The molecule has 1 N–H and O–H groups in total. The number of pyridine rings is 1. The predicted octanol–water partition coefficient (Wildman–Crippen LogP) is 4.26. The molecule has 144 valence electrons.